The smallest absolute Gasteiger partial charge is 0.457 e. The number of esters is 1. The molecule has 0 aromatic heterocycles. The lowest BCUT2D eigenvalue weighted by atomic mass is 10.0. The molecule has 0 aliphatic heterocycles. The lowest BCUT2D eigenvalue weighted by molar-refractivity contribution is -0.870. The fourth-order valence-corrected chi connectivity index (χ4v) is 8.75. The van der Waals surface area contributed by atoms with Crippen LogP contribution in [0.3, 0.4) is 0 Å². The summed E-state index contributed by atoms with van der Waals surface area (Å²) in [5.74, 6) is -0.321. The summed E-state index contributed by atoms with van der Waals surface area (Å²) in [6.07, 6.45) is 73.7. The first-order valence-corrected chi connectivity index (χ1v) is 30.8. The number of nitrogens with zero attached hydrogens (tertiary/aromatic N) is 1. The molecular weight excluding hydrogens is 902 g/mol. The Kier molecular flexibility index (Phi) is 52.2. The minimum absolute atomic E-state index is 0.0804. The van der Waals surface area contributed by atoms with E-state index in [1.165, 1.54) is 128 Å². The Morgan fingerprint density at radius 1 is 0.451 bits per heavy atom. The van der Waals surface area contributed by atoms with Crippen LogP contribution in [0.2, 0.25) is 0 Å². The maximum atomic E-state index is 12.8. The quantitative estimate of drug-likeness (QED) is 0.0213. The van der Waals surface area contributed by atoms with Crippen LogP contribution in [0.25, 0.3) is 0 Å². The third-order valence-corrected chi connectivity index (χ3v) is 13.5. The number of quaternary nitrogens is 1. The van der Waals surface area contributed by atoms with Gasteiger partial charge in [-0.15, -0.1) is 0 Å². The van der Waals surface area contributed by atoms with E-state index in [0.717, 1.165) is 96.3 Å². The predicted octanol–water partition coefficient (Wildman–Crippen LogP) is 18.7. The van der Waals surface area contributed by atoms with Crippen molar-refractivity contribution in [3.8, 4) is 0 Å². The first-order chi connectivity index (χ1) is 34.6. The van der Waals surface area contributed by atoms with Gasteiger partial charge >= 0.3 is 13.8 Å². The Morgan fingerprint density at radius 2 is 0.817 bits per heavy atom. The van der Waals surface area contributed by atoms with Crippen molar-refractivity contribution in [3.63, 3.8) is 0 Å². The SMILES string of the molecule is CC/C=C\C/C=C\C/C=C\C/C=C\C/C=C\C/C=C\C/C=C\CCCCCCOCC(COP(=O)(O)OCC[N+](C)(C)C)OC(=O)CCCCCCCCCCCCCCCCCCCCCCCCC. The number of allylic oxidation sites excluding steroid dienone is 14. The molecule has 0 aromatic rings. The van der Waals surface area contributed by atoms with Crippen LogP contribution in [0.4, 0.5) is 0 Å². The molecule has 8 nitrogen and oxygen atoms in total. The van der Waals surface area contributed by atoms with Crippen molar-refractivity contribution >= 4 is 13.8 Å². The average molecular weight is 1020 g/mol. The molecule has 0 rings (SSSR count). The molecule has 0 aliphatic rings. The first-order valence-electron chi connectivity index (χ1n) is 29.3. The largest absolute Gasteiger partial charge is 0.472 e. The van der Waals surface area contributed by atoms with Crippen molar-refractivity contribution in [2.24, 2.45) is 0 Å². The predicted molar refractivity (Wildman–Crippen MR) is 307 cm³/mol. The normalized spacial score (nSPS) is 14.1. The van der Waals surface area contributed by atoms with E-state index in [-0.39, 0.29) is 25.8 Å². The van der Waals surface area contributed by atoms with E-state index >= 15 is 0 Å². The fraction of sp³-hybridized carbons (Fsp3) is 0.758. The molecule has 0 saturated carbocycles. The average Bonchev–Trinajstić information content (AvgIpc) is 3.33. The van der Waals surface area contributed by atoms with E-state index in [4.69, 9.17) is 18.5 Å². The van der Waals surface area contributed by atoms with Crippen LogP contribution < -0.4 is 0 Å². The van der Waals surface area contributed by atoms with Gasteiger partial charge in [0, 0.05) is 13.0 Å². The zero-order chi connectivity index (χ0) is 51.9. The second-order valence-electron chi connectivity index (χ2n) is 20.7. The highest BCUT2D eigenvalue weighted by Gasteiger charge is 2.26. The Hall–Kier alpha value is -2.32. The van der Waals surface area contributed by atoms with Crippen molar-refractivity contribution in [2.45, 2.75) is 251 Å². The van der Waals surface area contributed by atoms with Gasteiger partial charge in [-0.3, -0.25) is 13.8 Å². The van der Waals surface area contributed by atoms with Crippen LogP contribution in [-0.4, -0.2) is 75.6 Å². The Labute approximate surface area is 439 Å². The van der Waals surface area contributed by atoms with Crippen molar-refractivity contribution < 1.29 is 37.3 Å². The zero-order valence-electron chi connectivity index (χ0n) is 46.9. The van der Waals surface area contributed by atoms with E-state index in [1.807, 2.05) is 21.1 Å². The molecule has 0 saturated heterocycles. The number of rotatable bonds is 54. The lowest BCUT2D eigenvalue weighted by Gasteiger charge is -2.24. The standard InChI is InChI=1S/C62H112NO7P/c1-6-8-10-12-14-16-18-20-22-24-26-28-30-31-32-34-36-38-40-42-44-46-48-50-52-54-57-67-59-61(60-69-71(65,66)68-58-56-63(3,4)5)70-62(64)55-53-51-49-47-45-43-41-39-37-35-33-29-27-25-23-21-19-17-15-13-11-9-7-2/h8,10,14,16,20,22,26,28,31-32,36,38,42,44,61H,6-7,9,11-13,15,17-19,21,23-25,27,29-30,33-35,37,39-41,43,45-60H2,1-5H3/p+1/b10-8-,16-14-,22-20-,28-26-,32-31-,38-36-,44-42-. The van der Waals surface area contributed by atoms with Gasteiger partial charge in [0.15, 0.2) is 0 Å². The van der Waals surface area contributed by atoms with Crippen LogP contribution in [0, 0.1) is 0 Å². The van der Waals surface area contributed by atoms with E-state index in [0.29, 0.717) is 24.1 Å². The van der Waals surface area contributed by atoms with E-state index in [2.05, 4.69) is 98.9 Å². The van der Waals surface area contributed by atoms with E-state index < -0.39 is 13.9 Å². The highest BCUT2D eigenvalue weighted by atomic mass is 31.2. The van der Waals surface area contributed by atoms with Gasteiger partial charge in [-0.05, 0) is 70.6 Å². The molecule has 412 valence electrons. The topological polar surface area (TPSA) is 91.3 Å². The van der Waals surface area contributed by atoms with Gasteiger partial charge in [-0.1, -0.05) is 253 Å². The van der Waals surface area contributed by atoms with Crippen LogP contribution in [0.1, 0.15) is 245 Å². The third kappa shape index (κ3) is 58.4. The third-order valence-electron chi connectivity index (χ3n) is 12.5. The number of carbonyl (C=O) groups is 1. The molecule has 0 radical (unpaired) electrons. The molecule has 0 aromatic carbocycles. The highest BCUT2D eigenvalue weighted by molar-refractivity contribution is 7.47. The summed E-state index contributed by atoms with van der Waals surface area (Å²) in [7, 11) is 1.65. The van der Waals surface area contributed by atoms with Crippen LogP contribution in [0.5, 0.6) is 0 Å². The van der Waals surface area contributed by atoms with Crippen molar-refractivity contribution in [2.75, 3.05) is 54.1 Å². The molecular formula is C62H113NO7P+. The lowest BCUT2D eigenvalue weighted by Crippen LogP contribution is -2.37. The summed E-state index contributed by atoms with van der Waals surface area (Å²) in [5.41, 5.74) is 0. The Morgan fingerprint density at radius 3 is 1.23 bits per heavy atom. The zero-order valence-corrected chi connectivity index (χ0v) is 47.8. The van der Waals surface area contributed by atoms with E-state index in [1.54, 1.807) is 0 Å². The fourth-order valence-electron chi connectivity index (χ4n) is 8.01. The monoisotopic (exact) mass is 1010 g/mol. The Bertz CT molecular complexity index is 1410. The maximum Gasteiger partial charge on any atom is 0.472 e. The molecule has 2 atom stereocenters. The number of phosphoric ester groups is 1. The van der Waals surface area contributed by atoms with Gasteiger partial charge in [-0.25, -0.2) is 4.57 Å². The van der Waals surface area contributed by atoms with Gasteiger partial charge in [0.25, 0.3) is 0 Å². The van der Waals surface area contributed by atoms with Gasteiger partial charge in [0.2, 0.25) is 0 Å². The minimum Gasteiger partial charge on any atom is -0.457 e. The molecule has 0 spiro atoms. The van der Waals surface area contributed by atoms with Gasteiger partial charge < -0.3 is 18.9 Å². The van der Waals surface area contributed by atoms with Gasteiger partial charge in [-0.2, -0.15) is 0 Å². The number of carbonyl (C=O) groups excluding carboxylic acids is 1. The summed E-state index contributed by atoms with van der Waals surface area (Å²) in [6.45, 7) is 5.47. The number of likely N-dealkylation sites (N-methyl/N-ethyl adjacent to an activating group) is 1. The molecule has 0 heterocycles. The molecule has 71 heavy (non-hydrogen) atoms. The number of ether oxygens (including phenoxy) is 2. The van der Waals surface area contributed by atoms with Gasteiger partial charge in [0.1, 0.15) is 19.3 Å². The number of unbranched alkanes of at least 4 members (excludes halogenated alkanes) is 26. The summed E-state index contributed by atoms with van der Waals surface area (Å²) in [4.78, 5) is 23.1. The van der Waals surface area contributed by atoms with Crippen molar-refractivity contribution in [1.29, 1.82) is 0 Å². The van der Waals surface area contributed by atoms with Crippen LogP contribution in [-0.2, 0) is 27.9 Å². The second kappa shape index (κ2) is 54.0. The summed E-state index contributed by atoms with van der Waals surface area (Å²) in [6, 6.07) is 0. The maximum absolute atomic E-state index is 12.8. The molecule has 2 unspecified atom stereocenters. The summed E-state index contributed by atoms with van der Waals surface area (Å²) >= 11 is 0. The molecule has 0 amide bonds. The molecule has 9 heteroatoms. The number of hydrogen-bond acceptors (Lipinski definition) is 6. The van der Waals surface area contributed by atoms with Crippen LogP contribution >= 0.6 is 7.82 Å². The van der Waals surface area contributed by atoms with Crippen molar-refractivity contribution in [3.05, 3.63) is 85.1 Å². The number of phosphoric acid groups is 1. The highest BCUT2D eigenvalue weighted by Crippen LogP contribution is 2.43. The van der Waals surface area contributed by atoms with Crippen LogP contribution in [0.15, 0.2) is 85.1 Å². The van der Waals surface area contributed by atoms with Gasteiger partial charge in [0.05, 0.1) is 34.4 Å². The minimum atomic E-state index is -4.30. The first kappa shape index (κ1) is 68.7. The van der Waals surface area contributed by atoms with E-state index in [9.17, 15) is 14.3 Å². The molecule has 0 bridgehead atoms. The second-order valence-corrected chi connectivity index (χ2v) is 22.1. The molecule has 0 aliphatic carbocycles. The Balaban J connectivity index is 4.14. The summed E-state index contributed by atoms with van der Waals surface area (Å²) < 4.78 is 35.2. The van der Waals surface area contributed by atoms with Crippen molar-refractivity contribution in [1.82, 2.24) is 0 Å². The molecule has 0 fully saturated rings. The summed E-state index contributed by atoms with van der Waals surface area (Å²) in [5, 5.41) is 0. The molecule has 1 N–H and O–H groups in total. The number of hydrogen-bond donors (Lipinski definition) is 1.